The summed E-state index contributed by atoms with van der Waals surface area (Å²) in [6.07, 6.45) is 1.16. The first-order valence-electron chi connectivity index (χ1n) is 6.18. The highest BCUT2D eigenvalue weighted by Gasteiger charge is 2.07. The number of nitrogens with zero attached hydrogens (tertiary/aromatic N) is 2. The van der Waals surface area contributed by atoms with Crippen LogP contribution in [0.15, 0.2) is 22.9 Å². The van der Waals surface area contributed by atoms with Crippen molar-refractivity contribution in [2.75, 3.05) is 18.5 Å². The van der Waals surface area contributed by atoms with E-state index in [9.17, 15) is 0 Å². The van der Waals surface area contributed by atoms with Crippen LogP contribution < -0.4 is 10.2 Å². The number of aromatic nitrogens is 1. The van der Waals surface area contributed by atoms with Crippen molar-refractivity contribution in [2.45, 2.75) is 26.4 Å². The Labute approximate surface area is 116 Å². The number of anilines is 1. The van der Waals surface area contributed by atoms with Gasteiger partial charge in [0, 0.05) is 23.8 Å². The van der Waals surface area contributed by atoms with Gasteiger partial charge in [-0.3, -0.25) is 0 Å². The van der Waals surface area contributed by atoms with Crippen molar-refractivity contribution >= 4 is 27.8 Å². The van der Waals surface area contributed by atoms with Gasteiger partial charge in [-0.2, -0.15) is 0 Å². The lowest BCUT2D eigenvalue weighted by atomic mass is 10.4. The van der Waals surface area contributed by atoms with Gasteiger partial charge in [-0.15, -0.1) is 22.7 Å². The van der Waals surface area contributed by atoms with E-state index < -0.39 is 0 Å². The monoisotopic (exact) mass is 281 g/mol. The first kappa shape index (κ1) is 13.5. The van der Waals surface area contributed by atoms with E-state index >= 15 is 0 Å². The van der Waals surface area contributed by atoms with Gasteiger partial charge in [0.2, 0.25) is 0 Å². The van der Waals surface area contributed by atoms with Crippen molar-refractivity contribution in [3.05, 3.63) is 33.5 Å². The molecule has 0 aliphatic carbocycles. The molecule has 0 unspecified atom stereocenters. The second-order valence-electron chi connectivity index (χ2n) is 4.23. The van der Waals surface area contributed by atoms with Crippen molar-refractivity contribution in [3.8, 4) is 0 Å². The molecule has 0 fully saturated rings. The maximum atomic E-state index is 4.65. The largest absolute Gasteiger partial charge is 0.346 e. The Morgan fingerprint density at radius 2 is 2.28 bits per heavy atom. The molecule has 98 valence electrons. The summed E-state index contributed by atoms with van der Waals surface area (Å²) in [4.78, 5) is 8.23. The number of thiophene rings is 1. The molecule has 0 amide bonds. The van der Waals surface area contributed by atoms with E-state index in [0.717, 1.165) is 36.9 Å². The molecule has 2 aromatic heterocycles. The van der Waals surface area contributed by atoms with Gasteiger partial charge in [-0.1, -0.05) is 13.0 Å². The molecule has 1 N–H and O–H groups in total. The van der Waals surface area contributed by atoms with Crippen LogP contribution in [0, 0.1) is 0 Å². The summed E-state index contributed by atoms with van der Waals surface area (Å²) in [5, 5.41) is 8.73. The van der Waals surface area contributed by atoms with Crippen molar-refractivity contribution < 1.29 is 0 Å². The Kier molecular flexibility index (Phi) is 5.16. The minimum absolute atomic E-state index is 0.872. The lowest BCUT2D eigenvalue weighted by Gasteiger charge is -2.14. The fourth-order valence-electron chi connectivity index (χ4n) is 1.65. The first-order valence-corrected chi connectivity index (χ1v) is 7.94. The quantitative estimate of drug-likeness (QED) is 0.789. The van der Waals surface area contributed by atoms with Crippen LogP contribution in [-0.2, 0) is 13.1 Å². The fourth-order valence-corrected chi connectivity index (χ4v) is 3.20. The molecule has 5 heteroatoms. The summed E-state index contributed by atoms with van der Waals surface area (Å²) in [7, 11) is 2.10. The third-order valence-electron chi connectivity index (χ3n) is 2.57. The average molecular weight is 281 g/mol. The normalized spacial score (nSPS) is 10.8. The Balaban J connectivity index is 1.88. The van der Waals surface area contributed by atoms with Crippen LogP contribution in [0.1, 0.15) is 23.9 Å². The van der Waals surface area contributed by atoms with E-state index in [1.165, 1.54) is 4.88 Å². The smallest absolute Gasteiger partial charge is 0.185 e. The molecular formula is C13H19N3S2. The molecule has 0 aliphatic rings. The number of rotatable bonds is 7. The fraction of sp³-hybridized carbons (Fsp3) is 0.462. The van der Waals surface area contributed by atoms with E-state index in [4.69, 9.17) is 0 Å². The van der Waals surface area contributed by atoms with Gasteiger partial charge < -0.3 is 10.2 Å². The molecule has 0 aliphatic heterocycles. The van der Waals surface area contributed by atoms with E-state index in [1.54, 1.807) is 22.7 Å². The zero-order valence-corrected chi connectivity index (χ0v) is 12.5. The van der Waals surface area contributed by atoms with Crippen molar-refractivity contribution in [1.82, 2.24) is 10.3 Å². The van der Waals surface area contributed by atoms with Gasteiger partial charge in [0.05, 0.1) is 12.2 Å². The third-order valence-corrected chi connectivity index (χ3v) is 4.44. The van der Waals surface area contributed by atoms with Crippen LogP contribution in [0.25, 0.3) is 0 Å². The predicted molar refractivity (Wildman–Crippen MR) is 80.5 cm³/mol. The standard InChI is InChI=1S/C13H19N3S2/c1-3-6-14-8-11-10-18-13(15-11)16(2)9-12-5-4-7-17-12/h4-5,7,10,14H,3,6,8-9H2,1-2H3. The molecule has 2 aromatic rings. The maximum Gasteiger partial charge on any atom is 0.185 e. The molecule has 0 aromatic carbocycles. The summed E-state index contributed by atoms with van der Waals surface area (Å²) in [5.74, 6) is 0. The van der Waals surface area contributed by atoms with Crippen LogP contribution in [0.5, 0.6) is 0 Å². The van der Waals surface area contributed by atoms with Gasteiger partial charge in [0.15, 0.2) is 5.13 Å². The number of thiazole rings is 1. The van der Waals surface area contributed by atoms with Crippen LogP contribution in [0.3, 0.4) is 0 Å². The molecule has 0 radical (unpaired) electrons. The summed E-state index contributed by atoms with van der Waals surface area (Å²) >= 11 is 3.51. The summed E-state index contributed by atoms with van der Waals surface area (Å²) < 4.78 is 0. The molecule has 0 atom stereocenters. The van der Waals surface area contributed by atoms with Crippen LogP contribution >= 0.6 is 22.7 Å². The van der Waals surface area contributed by atoms with E-state index in [1.807, 2.05) is 0 Å². The third kappa shape index (κ3) is 3.80. The molecule has 2 rings (SSSR count). The summed E-state index contributed by atoms with van der Waals surface area (Å²) in [6.45, 7) is 5.04. The Hall–Kier alpha value is -0.910. The lowest BCUT2D eigenvalue weighted by molar-refractivity contribution is 0.666. The van der Waals surface area contributed by atoms with Gasteiger partial charge in [0.25, 0.3) is 0 Å². The number of hydrogen-bond donors (Lipinski definition) is 1. The second-order valence-corrected chi connectivity index (χ2v) is 6.10. The molecule has 3 nitrogen and oxygen atoms in total. The Morgan fingerprint density at radius 3 is 3.00 bits per heavy atom. The molecule has 0 spiro atoms. The SMILES string of the molecule is CCCNCc1csc(N(C)Cc2cccs2)n1. The molecule has 18 heavy (non-hydrogen) atoms. The first-order chi connectivity index (χ1) is 8.79. The number of nitrogens with one attached hydrogen (secondary N) is 1. The van der Waals surface area contributed by atoms with E-state index in [2.05, 4.69) is 52.1 Å². The van der Waals surface area contributed by atoms with E-state index in [0.29, 0.717) is 0 Å². The molecule has 0 bridgehead atoms. The van der Waals surface area contributed by atoms with Crippen molar-refractivity contribution in [3.63, 3.8) is 0 Å². The average Bonchev–Trinajstić information content (AvgIpc) is 3.00. The van der Waals surface area contributed by atoms with Crippen molar-refractivity contribution in [2.24, 2.45) is 0 Å². The Bertz CT molecular complexity index is 451. The maximum absolute atomic E-state index is 4.65. The van der Waals surface area contributed by atoms with Crippen LogP contribution in [0.4, 0.5) is 5.13 Å². The van der Waals surface area contributed by atoms with Gasteiger partial charge in [0.1, 0.15) is 0 Å². The lowest BCUT2D eigenvalue weighted by Crippen LogP contribution is -2.16. The zero-order valence-electron chi connectivity index (χ0n) is 10.8. The Morgan fingerprint density at radius 1 is 1.39 bits per heavy atom. The van der Waals surface area contributed by atoms with Gasteiger partial charge >= 0.3 is 0 Å². The zero-order chi connectivity index (χ0) is 12.8. The van der Waals surface area contributed by atoms with Gasteiger partial charge in [-0.25, -0.2) is 4.98 Å². The highest BCUT2D eigenvalue weighted by Crippen LogP contribution is 2.22. The van der Waals surface area contributed by atoms with Crippen LogP contribution in [0.2, 0.25) is 0 Å². The summed E-state index contributed by atoms with van der Waals surface area (Å²) in [5.41, 5.74) is 1.14. The highest BCUT2D eigenvalue weighted by atomic mass is 32.1. The molecule has 0 saturated carbocycles. The summed E-state index contributed by atoms with van der Waals surface area (Å²) in [6, 6.07) is 4.26. The van der Waals surface area contributed by atoms with E-state index in [-0.39, 0.29) is 0 Å². The minimum atomic E-state index is 0.872. The second kappa shape index (κ2) is 6.87. The highest BCUT2D eigenvalue weighted by molar-refractivity contribution is 7.13. The number of hydrogen-bond acceptors (Lipinski definition) is 5. The van der Waals surface area contributed by atoms with Crippen LogP contribution in [-0.4, -0.2) is 18.6 Å². The topological polar surface area (TPSA) is 28.2 Å². The molecular weight excluding hydrogens is 262 g/mol. The predicted octanol–water partition coefficient (Wildman–Crippen LogP) is 3.34. The minimum Gasteiger partial charge on any atom is -0.346 e. The van der Waals surface area contributed by atoms with Crippen molar-refractivity contribution in [1.29, 1.82) is 0 Å². The van der Waals surface area contributed by atoms with Gasteiger partial charge in [-0.05, 0) is 24.4 Å². The molecule has 2 heterocycles. The molecule has 0 saturated heterocycles.